The van der Waals surface area contributed by atoms with Gasteiger partial charge in [0.15, 0.2) is 0 Å². The van der Waals surface area contributed by atoms with Crippen LogP contribution in [0.2, 0.25) is 0 Å². The lowest BCUT2D eigenvalue weighted by Gasteiger charge is -2.16. The van der Waals surface area contributed by atoms with E-state index < -0.39 is 17.9 Å². The van der Waals surface area contributed by atoms with Crippen molar-refractivity contribution in [1.82, 2.24) is 0 Å². The summed E-state index contributed by atoms with van der Waals surface area (Å²) in [5, 5.41) is 9.45. The van der Waals surface area contributed by atoms with Crippen LogP contribution in [0.5, 0.6) is 0 Å². The highest BCUT2D eigenvalue weighted by Crippen LogP contribution is 2.19. The Morgan fingerprint density at radius 3 is 1.77 bits per heavy atom. The Bertz CT molecular complexity index is 712. The number of carboxylic acids is 1. The number of ether oxygens (including phenoxy) is 2. The van der Waals surface area contributed by atoms with Crippen LogP contribution in [0.4, 0.5) is 0 Å². The van der Waals surface area contributed by atoms with Crippen molar-refractivity contribution in [3.8, 4) is 0 Å². The summed E-state index contributed by atoms with van der Waals surface area (Å²) < 4.78 is 10.8. The van der Waals surface area contributed by atoms with Crippen molar-refractivity contribution in [2.75, 3.05) is 13.2 Å². The number of carbonyl (C=O) groups is 3. The molecule has 6 heteroatoms. The summed E-state index contributed by atoms with van der Waals surface area (Å²) in [5.74, 6) is -2.00. The highest BCUT2D eigenvalue weighted by Gasteiger charge is 2.22. The zero-order valence-electron chi connectivity index (χ0n) is 19.4. The molecule has 0 amide bonds. The van der Waals surface area contributed by atoms with E-state index >= 15 is 0 Å². The first-order valence-electron chi connectivity index (χ1n) is 11.6. The Kier molecular flexibility index (Phi) is 12.6. The third kappa shape index (κ3) is 9.11. The molecule has 0 heterocycles. The van der Waals surface area contributed by atoms with Crippen LogP contribution in [0.25, 0.3) is 0 Å². The van der Waals surface area contributed by atoms with Crippen LogP contribution in [0, 0.1) is 11.8 Å². The maximum Gasteiger partial charge on any atom is 0.339 e. The number of hydrogen-bond donors (Lipinski definition) is 1. The molecule has 0 aliphatic heterocycles. The Balaban J connectivity index is 2.89. The molecule has 0 bridgehead atoms. The van der Waals surface area contributed by atoms with Gasteiger partial charge in [0.25, 0.3) is 0 Å². The Hall–Kier alpha value is -2.37. The number of aromatic carboxylic acids is 1. The minimum Gasteiger partial charge on any atom is -0.478 e. The highest BCUT2D eigenvalue weighted by atomic mass is 16.5. The van der Waals surface area contributed by atoms with E-state index in [-0.39, 0.29) is 29.2 Å². The average Bonchev–Trinajstić information content (AvgIpc) is 2.78. The third-order valence-corrected chi connectivity index (χ3v) is 5.69. The molecule has 0 radical (unpaired) electrons. The van der Waals surface area contributed by atoms with Crippen LogP contribution in [-0.2, 0) is 9.47 Å². The largest absolute Gasteiger partial charge is 0.478 e. The topological polar surface area (TPSA) is 89.9 Å². The summed E-state index contributed by atoms with van der Waals surface area (Å²) >= 11 is 0. The SMILES string of the molecule is CCCCC(CC)COC(=O)c1ccc(C(=O)O)c(C(=O)OCC(CC)CCCC)c1. The maximum absolute atomic E-state index is 12.6. The average molecular weight is 435 g/mol. The summed E-state index contributed by atoms with van der Waals surface area (Å²) in [6.45, 7) is 8.88. The van der Waals surface area contributed by atoms with E-state index in [9.17, 15) is 19.5 Å². The van der Waals surface area contributed by atoms with E-state index in [1.165, 1.54) is 18.2 Å². The van der Waals surface area contributed by atoms with Crippen LogP contribution in [0.3, 0.4) is 0 Å². The number of esters is 2. The number of carboxylic acid groups (broad SMARTS) is 1. The van der Waals surface area contributed by atoms with Gasteiger partial charge in [-0.2, -0.15) is 0 Å². The number of benzene rings is 1. The summed E-state index contributed by atoms with van der Waals surface area (Å²) in [7, 11) is 0. The van der Waals surface area contributed by atoms with Gasteiger partial charge in [-0.05, 0) is 42.9 Å². The fourth-order valence-electron chi connectivity index (χ4n) is 3.37. The molecule has 6 nitrogen and oxygen atoms in total. The monoisotopic (exact) mass is 434 g/mol. The maximum atomic E-state index is 12.6. The molecule has 1 rings (SSSR count). The lowest BCUT2D eigenvalue weighted by molar-refractivity contribution is 0.0418. The first-order chi connectivity index (χ1) is 14.9. The predicted molar refractivity (Wildman–Crippen MR) is 121 cm³/mol. The molecule has 2 unspecified atom stereocenters. The summed E-state index contributed by atoms with van der Waals surface area (Å²) in [6.07, 6.45) is 8.02. The number of unbranched alkanes of at least 4 members (excludes halogenated alkanes) is 2. The predicted octanol–water partition coefficient (Wildman–Crippen LogP) is 6.13. The zero-order valence-corrected chi connectivity index (χ0v) is 19.4. The molecule has 0 spiro atoms. The fourth-order valence-corrected chi connectivity index (χ4v) is 3.37. The highest BCUT2D eigenvalue weighted by molar-refractivity contribution is 6.04. The molecule has 0 aromatic heterocycles. The van der Waals surface area contributed by atoms with Crippen molar-refractivity contribution in [3.05, 3.63) is 34.9 Å². The molecule has 1 aromatic carbocycles. The standard InChI is InChI=1S/C25H38O6/c1-5-9-11-18(7-3)16-30-24(28)20-13-14-21(23(26)27)22(15-20)25(29)31-17-19(8-4)12-10-6-2/h13-15,18-19H,5-12,16-17H2,1-4H3,(H,26,27). The third-order valence-electron chi connectivity index (χ3n) is 5.69. The van der Waals surface area contributed by atoms with Gasteiger partial charge in [-0.15, -0.1) is 0 Å². The lowest BCUT2D eigenvalue weighted by atomic mass is 10.00. The summed E-state index contributed by atoms with van der Waals surface area (Å²) in [6, 6.07) is 3.91. The normalized spacial score (nSPS) is 12.8. The summed E-state index contributed by atoms with van der Waals surface area (Å²) in [4.78, 5) is 36.7. The van der Waals surface area contributed by atoms with Crippen molar-refractivity contribution in [2.45, 2.75) is 79.1 Å². The molecule has 0 aliphatic rings. The second-order valence-corrected chi connectivity index (χ2v) is 8.10. The van der Waals surface area contributed by atoms with Crippen LogP contribution in [0.15, 0.2) is 18.2 Å². The van der Waals surface area contributed by atoms with Gasteiger partial charge < -0.3 is 14.6 Å². The first-order valence-corrected chi connectivity index (χ1v) is 11.6. The van der Waals surface area contributed by atoms with Crippen molar-refractivity contribution in [3.63, 3.8) is 0 Å². The molecule has 174 valence electrons. The van der Waals surface area contributed by atoms with E-state index in [1.54, 1.807) is 0 Å². The Labute approximate surface area is 186 Å². The molecule has 1 aromatic rings. The molecular formula is C25H38O6. The molecule has 2 atom stereocenters. The van der Waals surface area contributed by atoms with Gasteiger partial charge >= 0.3 is 17.9 Å². The zero-order chi connectivity index (χ0) is 23.2. The van der Waals surface area contributed by atoms with Gasteiger partial charge in [0.05, 0.1) is 29.9 Å². The van der Waals surface area contributed by atoms with E-state index in [2.05, 4.69) is 20.8 Å². The molecular weight excluding hydrogens is 396 g/mol. The molecule has 0 aliphatic carbocycles. The quantitative estimate of drug-likeness (QED) is 0.334. The minimum absolute atomic E-state index is 0.120. The van der Waals surface area contributed by atoms with Crippen molar-refractivity contribution in [2.24, 2.45) is 11.8 Å². The lowest BCUT2D eigenvalue weighted by Crippen LogP contribution is -2.18. The Morgan fingerprint density at radius 1 is 0.806 bits per heavy atom. The van der Waals surface area contributed by atoms with Gasteiger partial charge in [-0.25, -0.2) is 14.4 Å². The molecule has 0 fully saturated rings. The van der Waals surface area contributed by atoms with E-state index in [0.29, 0.717) is 12.5 Å². The second-order valence-electron chi connectivity index (χ2n) is 8.10. The van der Waals surface area contributed by atoms with Crippen molar-refractivity contribution < 1.29 is 29.0 Å². The molecule has 0 saturated carbocycles. The molecule has 31 heavy (non-hydrogen) atoms. The minimum atomic E-state index is -1.24. The smallest absolute Gasteiger partial charge is 0.339 e. The van der Waals surface area contributed by atoms with Crippen LogP contribution in [0.1, 0.15) is 110 Å². The van der Waals surface area contributed by atoms with Gasteiger partial charge in [-0.3, -0.25) is 0 Å². The van der Waals surface area contributed by atoms with Gasteiger partial charge in [-0.1, -0.05) is 66.2 Å². The summed E-state index contributed by atoms with van der Waals surface area (Å²) in [5.41, 5.74) is -0.150. The number of hydrogen-bond acceptors (Lipinski definition) is 5. The van der Waals surface area contributed by atoms with Crippen molar-refractivity contribution >= 4 is 17.9 Å². The van der Waals surface area contributed by atoms with Gasteiger partial charge in [0.1, 0.15) is 0 Å². The first kappa shape index (κ1) is 26.7. The molecule has 1 N–H and O–H groups in total. The van der Waals surface area contributed by atoms with Gasteiger partial charge in [0.2, 0.25) is 0 Å². The van der Waals surface area contributed by atoms with E-state index in [4.69, 9.17) is 9.47 Å². The fraction of sp³-hybridized carbons (Fsp3) is 0.640. The van der Waals surface area contributed by atoms with Crippen molar-refractivity contribution in [1.29, 1.82) is 0 Å². The second kappa shape index (κ2) is 14.6. The van der Waals surface area contributed by atoms with Crippen LogP contribution >= 0.6 is 0 Å². The van der Waals surface area contributed by atoms with Gasteiger partial charge in [0, 0.05) is 0 Å². The van der Waals surface area contributed by atoms with E-state index in [0.717, 1.165) is 51.4 Å². The van der Waals surface area contributed by atoms with E-state index in [1.807, 2.05) is 6.92 Å². The molecule has 0 saturated heterocycles. The number of rotatable bonds is 15. The Morgan fingerprint density at radius 2 is 1.32 bits per heavy atom. The number of carbonyl (C=O) groups excluding carboxylic acids is 2. The van der Waals surface area contributed by atoms with Crippen LogP contribution in [-0.4, -0.2) is 36.2 Å². The van der Waals surface area contributed by atoms with Crippen LogP contribution < -0.4 is 0 Å².